The second-order valence-corrected chi connectivity index (χ2v) is 7.23. The molecule has 136 valence electrons. The van der Waals surface area contributed by atoms with Gasteiger partial charge in [-0.2, -0.15) is 0 Å². The standard InChI is InChI=1S/C16H16N4O5S/c1-19-13-6-4-3-5-12(13)18-16(19)10-17-26(23,24)15-8-7-11(25-2)9-14(15)20(21)22/h3-9,17H,10H2,1-2H3. The van der Waals surface area contributed by atoms with Crippen molar-refractivity contribution >= 4 is 26.7 Å². The van der Waals surface area contributed by atoms with Crippen molar-refractivity contribution in [1.82, 2.24) is 14.3 Å². The van der Waals surface area contributed by atoms with Crippen LogP contribution in [0.2, 0.25) is 0 Å². The fourth-order valence-corrected chi connectivity index (χ4v) is 3.72. The Labute approximate surface area is 149 Å². The number of para-hydroxylation sites is 2. The summed E-state index contributed by atoms with van der Waals surface area (Å²) in [5.74, 6) is 0.692. The first-order valence-corrected chi connectivity index (χ1v) is 9.04. The monoisotopic (exact) mass is 376 g/mol. The van der Waals surface area contributed by atoms with Gasteiger partial charge in [-0.05, 0) is 24.3 Å². The van der Waals surface area contributed by atoms with Crippen LogP contribution in [0.15, 0.2) is 47.4 Å². The number of aromatic nitrogens is 2. The lowest BCUT2D eigenvalue weighted by molar-refractivity contribution is -0.387. The summed E-state index contributed by atoms with van der Waals surface area (Å²) in [4.78, 5) is 14.4. The number of benzene rings is 2. The highest BCUT2D eigenvalue weighted by Crippen LogP contribution is 2.28. The van der Waals surface area contributed by atoms with Gasteiger partial charge in [-0.25, -0.2) is 18.1 Å². The summed E-state index contributed by atoms with van der Waals surface area (Å²) in [6.07, 6.45) is 0. The largest absolute Gasteiger partial charge is 0.497 e. The number of imidazole rings is 1. The smallest absolute Gasteiger partial charge is 0.293 e. The van der Waals surface area contributed by atoms with E-state index in [4.69, 9.17) is 4.74 Å². The summed E-state index contributed by atoms with van der Waals surface area (Å²) < 4.78 is 34.2. The SMILES string of the molecule is COc1ccc(S(=O)(=O)NCc2nc3ccccc3n2C)c([N+](=O)[O-])c1. The lowest BCUT2D eigenvalue weighted by Gasteiger charge is -2.08. The van der Waals surface area contributed by atoms with Crippen LogP contribution >= 0.6 is 0 Å². The number of hydrogen-bond donors (Lipinski definition) is 1. The number of rotatable bonds is 6. The van der Waals surface area contributed by atoms with E-state index in [2.05, 4.69) is 9.71 Å². The van der Waals surface area contributed by atoms with E-state index in [9.17, 15) is 18.5 Å². The fraction of sp³-hybridized carbons (Fsp3) is 0.188. The van der Waals surface area contributed by atoms with Crippen LogP contribution in [0, 0.1) is 10.1 Å². The highest BCUT2D eigenvalue weighted by Gasteiger charge is 2.26. The number of methoxy groups -OCH3 is 1. The van der Waals surface area contributed by atoms with Crippen LogP contribution in [0.4, 0.5) is 5.69 Å². The molecule has 0 radical (unpaired) electrons. The second-order valence-electron chi connectivity index (χ2n) is 5.49. The molecule has 1 N–H and O–H groups in total. The highest BCUT2D eigenvalue weighted by atomic mass is 32.2. The Morgan fingerprint density at radius 3 is 2.65 bits per heavy atom. The van der Waals surface area contributed by atoms with Gasteiger partial charge in [0.1, 0.15) is 11.6 Å². The van der Waals surface area contributed by atoms with Crippen molar-refractivity contribution in [3.05, 3.63) is 58.4 Å². The Morgan fingerprint density at radius 2 is 2.00 bits per heavy atom. The van der Waals surface area contributed by atoms with E-state index in [0.717, 1.165) is 23.2 Å². The number of hydrogen-bond acceptors (Lipinski definition) is 6. The van der Waals surface area contributed by atoms with E-state index in [1.54, 1.807) is 11.6 Å². The molecule has 1 heterocycles. The number of ether oxygens (including phenoxy) is 1. The maximum Gasteiger partial charge on any atom is 0.293 e. The van der Waals surface area contributed by atoms with Gasteiger partial charge in [-0.1, -0.05) is 12.1 Å². The molecule has 0 spiro atoms. The van der Waals surface area contributed by atoms with Crippen LogP contribution in [0.25, 0.3) is 11.0 Å². The molecular formula is C16H16N4O5S. The van der Waals surface area contributed by atoms with E-state index in [0.29, 0.717) is 5.82 Å². The van der Waals surface area contributed by atoms with E-state index in [1.807, 2.05) is 24.3 Å². The molecule has 0 fully saturated rings. The molecule has 0 amide bonds. The Bertz CT molecular complexity index is 1090. The first kappa shape index (κ1) is 17.8. The lowest BCUT2D eigenvalue weighted by Crippen LogP contribution is -2.25. The van der Waals surface area contributed by atoms with Crippen molar-refractivity contribution in [2.24, 2.45) is 7.05 Å². The third-order valence-electron chi connectivity index (χ3n) is 3.95. The quantitative estimate of drug-likeness (QED) is 0.519. The highest BCUT2D eigenvalue weighted by molar-refractivity contribution is 7.89. The normalized spacial score (nSPS) is 11.6. The molecule has 2 aromatic carbocycles. The van der Waals surface area contributed by atoms with Crippen LogP contribution in [0.3, 0.4) is 0 Å². The number of nitrogens with zero attached hydrogens (tertiary/aromatic N) is 3. The summed E-state index contributed by atoms with van der Waals surface area (Å²) in [7, 11) is -0.997. The van der Waals surface area contributed by atoms with E-state index >= 15 is 0 Å². The van der Waals surface area contributed by atoms with Gasteiger partial charge in [-0.3, -0.25) is 10.1 Å². The minimum atomic E-state index is -4.11. The lowest BCUT2D eigenvalue weighted by atomic mass is 10.3. The van der Waals surface area contributed by atoms with Crippen LogP contribution < -0.4 is 9.46 Å². The van der Waals surface area contributed by atoms with Crippen molar-refractivity contribution in [3.63, 3.8) is 0 Å². The summed E-state index contributed by atoms with van der Waals surface area (Å²) in [5.41, 5.74) is 1.04. The van der Waals surface area contributed by atoms with Crippen molar-refractivity contribution in [3.8, 4) is 5.75 Å². The number of aryl methyl sites for hydroxylation is 1. The number of nitro groups is 1. The predicted octanol–water partition coefficient (Wildman–Crippen LogP) is 1.97. The summed E-state index contributed by atoms with van der Waals surface area (Å²) in [6.45, 7) is -0.100. The molecule has 9 nitrogen and oxygen atoms in total. The number of sulfonamides is 1. The van der Waals surface area contributed by atoms with Crippen molar-refractivity contribution < 1.29 is 18.1 Å². The number of nitrogens with one attached hydrogen (secondary N) is 1. The molecule has 1 aromatic heterocycles. The summed E-state index contributed by atoms with van der Waals surface area (Å²) in [6, 6.07) is 11.0. The minimum absolute atomic E-state index is 0.100. The van der Waals surface area contributed by atoms with E-state index < -0.39 is 25.5 Å². The average Bonchev–Trinajstić information content (AvgIpc) is 2.96. The zero-order valence-electron chi connectivity index (χ0n) is 14.0. The Balaban J connectivity index is 1.92. The van der Waals surface area contributed by atoms with Crippen molar-refractivity contribution in [2.45, 2.75) is 11.4 Å². The molecule has 0 saturated carbocycles. The molecule has 26 heavy (non-hydrogen) atoms. The molecule has 0 saturated heterocycles. The molecule has 0 atom stereocenters. The Hall–Kier alpha value is -2.98. The third kappa shape index (κ3) is 3.24. The molecule has 3 aromatic rings. The average molecular weight is 376 g/mol. The zero-order valence-corrected chi connectivity index (χ0v) is 14.9. The van der Waals surface area contributed by atoms with Crippen LogP contribution in [-0.4, -0.2) is 30.0 Å². The molecule has 3 rings (SSSR count). The maximum absolute atomic E-state index is 12.6. The van der Waals surface area contributed by atoms with Crippen LogP contribution in [0.1, 0.15) is 5.82 Å². The molecule has 0 aliphatic carbocycles. The summed E-state index contributed by atoms with van der Waals surface area (Å²) in [5, 5.41) is 11.2. The second kappa shape index (κ2) is 6.73. The van der Waals surface area contributed by atoms with Gasteiger partial charge in [-0.15, -0.1) is 0 Å². The van der Waals surface area contributed by atoms with Crippen LogP contribution in [0.5, 0.6) is 5.75 Å². The molecule has 10 heteroatoms. The Morgan fingerprint density at radius 1 is 1.27 bits per heavy atom. The maximum atomic E-state index is 12.6. The van der Waals surface area contributed by atoms with Gasteiger partial charge < -0.3 is 9.30 Å². The Kier molecular flexibility index (Phi) is 4.62. The molecule has 0 bridgehead atoms. The topological polar surface area (TPSA) is 116 Å². The first-order chi connectivity index (χ1) is 12.3. The fourth-order valence-electron chi connectivity index (χ4n) is 2.58. The van der Waals surface area contributed by atoms with Gasteiger partial charge in [0.05, 0.1) is 35.7 Å². The van der Waals surface area contributed by atoms with Crippen molar-refractivity contribution in [2.75, 3.05) is 7.11 Å². The van der Waals surface area contributed by atoms with Gasteiger partial charge in [0.15, 0.2) is 4.90 Å². The molecule has 0 aliphatic rings. The predicted molar refractivity (Wildman–Crippen MR) is 94.4 cm³/mol. The van der Waals surface area contributed by atoms with Gasteiger partial charge in [0.25, 0.3) is 5.69 Å². The molecular weight excluding hydrogens is 360 g/mol. The number of nitro benzene ring substituents is 1. The van der Waals surface area contributed by atoms with Gasteiger partial charge in [0, 0.05) is 7.05 Å². The van der Waals surface area contributed by atoms with Crippen molar-refractivity contribution in [1.29, 1.82) is 0 Å². The molecule has 0 aliphatic heterocycles. The van der Waals surface area contributed by atoms with Crippen LogP contribution in [-0.2, 0) is 23.6 Å². The number of fused-ring (bicyclic) bond motifs is 1. The first-order valence-electron chi connectivity index (χ1n) is 7.56. The minimum Gasteiger partial charge on any atom is -0.497 e. The van der Waals surface area contributed by atoms with Gasteiger partial charge in [0.2, 0.25) is 10.0 Å². The van der Waals surface area contributed by atoms with Gasteiger partial charge >= 0.3 is 0 Å². The zero-order chi connectivity index (χ0) is 18.9. The molecule has 0 unspecified atom stereocenters. The third-order valence-corrected chi connectivity index (χ3v) is 5.40. The summed E-state index contributed by atoms with van der Waals surface area (Å²) >= 11 is 0. The van der Waals surface area contributed by atoms with E-state index in [-0.39, 0.29) is 12.3 Å². The van der Waals surface area contributed by atoms with E-state index in [1.165, 1.54) is 13.2 Å².